The number of ketones is 1. The van der Waals surface area contributed by atoms with Gasteiger partial charge >= 0.3 is 5.97 Å². The van der Waals surface area contributed by atoms with Crippen molar-refractivity contribution >= 4 is 29.0 Å². The first-order valence-electron chi connectivity index (χ1n) is 7.93. The summed E-state index contributed by atoms with van der Waals surface area (Å²) in [7, 11) is 0. The fraction of sp³-hybridized carbons (Fsp3) is 0.333. The minimum absolute atomic E-state index is 0.0741. The van der Waals surface area contributed by atoms with Crippen molar-refractivity contribution < 1.29 is 23.9 Å². The van der Waals surface area contributed by atoms with Gasteiger partial charge in [-0.25, -0.2) is 4.79 Å². The van der Waals surface area contributed by atoms with E-state index in [2.05, 4.69) is 5.32 Å². The zero-order valence-corrected chi connectivity index (χ0v) is 15.6. The Morgan fingerprint density at radius 2 is 1.81 bits per heavy atom. The van der Waals surface area contributed by atoms with Gasteiger partial charge in [-0.2, -0.15) is 4.73 Å². The van der Waals surface area contributed by atoms with E-state index in [0.717, 1.165) is 4.88 Å². The van der Waals surface area contributed by atoms with Crippen molar-refractivity contribution in [2.45, 2.75) is 27.3 Å². The summed E-state index contributed by atoms with van der Waals surface area (Å²) < 4.78 is 5.52. The van der Waals surface area contributed by atoms with Gasteiger partial charge in [-0.05, 0) is 12.1 Å². The molecule has 2 rings (SSSR count). The molecule has 0 aromatic carbocycles. The van der Waals surface area contributed by atoms with Crippen molar-refractivity contribution in [1.82, 2.24) is 5.32 Å². The summed E-state index contributed by atoms with van der Waals surface area (Å²) >= 11 is 1.24. The van der Waals surface area contributed by atoms with Crippen LogP contribution < -0.4 is 10.0 Å². The zero-order valence-electron chi connectivity index (χ0n) is 14.8. The Labute approximate surface area is 155 Å². The summed E-state index contributed by atoms with van der Waals surface area (Å²) in [5, 5.41) is 13.7. The summed E-state index contributed by atoms with van der Waals surface area (Å²) in [5.74, 6) is -1.07. The Balaban J connectivity index is 1.86. The van der Waals surface area contributed by atoms with Gasteiger partial charge in [0.2, 0.25) is 11.7 Å². The van der Waals surface area contributed by atoms with Crippen molar-refractivity contribution in [3.05, 3.63) is 57.2 Å². The smallest absolute Gasteiger partial charge is 0.339 e. The number of esters is 1. The van der Waals surface area contributed by atoms with Crippen LogP contribution in [0.5, 0.6) is 0 Å². The van der Waals surface area contributed by atoms with Crippen LogP contribution in [0.15, 0.2) is 36.7 Å². The molecular weight excluding hydrogens is 356 g/mol. The molecule has 0 saturated heterocycles. The van der Waals surface area contributed by atoms with E-state index in [4.69, 9.17) is 4.74 Å². The van der Waals surface area contributed by atoms with Crippen molar-refractivity contribution in [3.63, 3.8) is 0 Å². The lowest BCUT2D eigenvalue weighted by Gasteiger charge is -2.17. The number of nitrogens with zero attached hydrogens (tertiary/aromatic N) is 1. The molecule has 0 aliphatic rings. The molecule has 2 aromatic heterocycles. The van der Waals surface area contributed by atoms with Crippen LogP contribution in [-0.2, 0) is 16.1 Å². The van der Waals surface area contributed by atoms with Crippen molar-refractivity contribution in [3.8, 4) is 0 Å². The summed E-state index contributed by atoms with van der Waals surface area (Å²) in [4.78, 5) is 37.1. The highest BCUT2D eigenvalue weighted by Crippen LogP contribution is 2.18. The highest BCUT2D eigenvalue weighted by atomic mass is 32.1. The van der Waals surface area contributed by atoms with Crippen LogP contribution in [0.2, 0.25) is 0 Å². The molecule has 26 heavy (non-hydrogen) atoms. The molecule has 2 heterocycles. The third-order valence-corrected chi connectivity index (χ3v) is 4.54. The van der Waals surface area contributed by atoms with Gasteiger partial charge < -0.3 is 15.3 Å². The first-order chi connectivity index (χ1) is 12.2. The number of aromatic nitrogens is 1. The molecule has 0 radical (unpaired) electrons. The topological polar surface area (TPSA) is 99.4 Å². The van der Waals surface area contributed by atoms with E-state index in [0.29, 0.717) is 16.2 Å². The van der Waals surface area contributed by atoms with E-state index in [1.807, 2.05) is 20.8 Å². The molecule has 7 nitrogen and oxygen atoms in total. The maximum atomic E-state index is 12.1. The van der Waals surface area contributed by atoms with Gasteiger partial charge in [0.15, 0.2) is 19.0 Å². The Morgan fingerprint density at radius 3 is 2.42 bits per heavy atom. The number of rotatable bonds is 6. The number of carbonyl (C=O) groups is 3. The quantitative estimate of drug-likeness (QED) is 0.360. The number of nitrogens with one attached hydrogen (secondary N) is 1. The van der Waals surface area contributed by atoms with Gasteiger partial charge in [0.25, 0.3) is 0 Å². The monoisotopic (exact) mass is 376 g/mol. The van der Waals surface area contributed by atoms with Crippen LogP contribution in [0.4, 0.5) is 0 Å². The van der Waals surface area contributed by atoms with E-state index < -0.39 is 11.4 Å². The molecule has 1 N–H and O–H groups in total. The van der Waals surface area contributed by atoms with E-state index >= 15 is 0 Å². The zero-order chi connectivity index (χ0) is 19.3. The number of ether oxygens (including phenoxy) is 1. The van der Waals surface area contributed by atoms with Gasteiger partial charge in [-0.3, -0.25) is 9.59 Å². The first-order valence-corrected chi connectivity index (χ1v) is 8.74. The summed E-state index contributed by atoms with van der Waals surface area (Å²) in [5.41, 5.74) is -0.283. The van der Waals surface area contributed by atoms with E-state index in [1.54, 1.807) is 12.1 Å². The second-order valence-corrected chi connectivity index (χ2v) is 7.81. The Kier molecular flexibility index (Phi) is 6.10. The Morgan fingerprint density at radius 1 is 1.15 bits per heavy atom. The number of Topliss-reactive ketones (excluding diaryl/α,β-unsaturated/α-hetero) is 1. The van der Waals surface area contributed by atoms with E-state index in [9.17, 15) is 19.6 Å². The lowest BCUT2D eigenvalue weighted by molar-refractivity contribution is -0.605. The van der Waals surface area contributed by atoms with Crippen molar-refractivity contribution in [1.29, 1.82) is 0 Å². The normalized spacial score (nSPS) is 11.0. The SMILES string of the molecule is CC(C)(C)C(=O)NCc1ccc(C(=O)COC(=O)c2cc[n+]([O-])cc2)s1. The predicted molar refractivity (Wildman–Crippen MR) is 95.6 cm³/mol. The lowest BCUT2D eigenvalue weighted by Crippen LogP contribution is -2.34. The van der Waals surface area contributed by atoms with Crippen molar-refractivity contribution in [2.24, 2.45) is 5.41 Å². The standard InChI is InChI=1S/C18H20N2O5S/c1-18(2,3)17(23)19-10-13-4-5-15(26-13)14(21)11-25-16(22)12-6-8-20(24)9-7-12/h4-9H,10-11H2,1-3H3,(H,19,23). The van der Waals surface area contributed by atoms with Gasteiger partial charge in [0.1, 0.15) is 0 Å². The average Bonchev–Trinajstić information content (AvgIpc) is 3.06. The molecule has 0 aliphatic heterocycles. The highest BCUT2D eigenvalue weighted by molar-refractivity contribution is 7.14. The molecule has 0 aliphatic carbocycles. The maximum absolute atomic E-state index is 12.1. The maximum Gasteiger partial charge on any atom is 0.339 e. The molecule has 0 fully saturated rings. The summed E-state index contributed by atoms with van der Waals surface area (Å²) in [6, 6.07) is 6.04. The van der Waals surface area contributed by atoms with Crippen LogP contribution in [0.3, 0.4) is 0 Å². The molecule has 0 bridgehead atoms. The van der Waals surface area contributed by atoms with Gasteiger partial charge in [0, 0.05) is 22.4 Å². The summed E-state index contributed by atoms with van der Waals surface area (Å²) in [6.07, 6.45) is 2.35. The number of hydrogen-bond acceptors (Lipinski definition) is 6. The number of hydrogen-bond donors (Lipinski definition) is 1. The number of pyridine rings is 1. The Bertz CT molecular complexity index is 806. The Hall–Kier alpha value is -2.74. The largest absolute Gasteiger partial charge is 0.619 e. The van der Waals surface area contributed by atoms with Crippen LogP contribution >= 0.6 is 11.3 Å². The molecule has 2 aromatic rings. The number of thiophene rings is 1. The fourth-order valence-electron chi connectivity index (χ4n) is 1.89. The summed E-state index contributed by atoms with van der Waals surface area (Å²) in [6.45, 7) is 5.42. The number of amides is 1. The lowest BCUT2D eigenvalue weighted by atomic mass is 9.96. The fourth-order valence-corrected chi connectivity index (χ4v) is 2.76. The third-order valence-electron chi connectivity index (χ3n) is 3.41. The predicted octanol–water partition coefficient (Wildman–Crippen LogP) is 2.08. The third kappa shape index (κ3) is 5.38. The van der Waals surface area contributed by atoms with E-state index in [1.165, 1.54) is 35.9 Å². The highest BCUT2D eigenvalue weighted by Gasteiger charge is 2.21. The van der Waals surface area contributed by atoms with Gasteiger partial charge in [-0.15, -0.1) is 11.3 Å². The van der Waals surface area contributed by atoms with Gasteiger partial charge in [-0.1, -0.05) is 20.8 Å². The molecule has 0 atom stereocenters. The average molecular weight is 376 g/mol. The van der Waals surface area contributed by atoms with Gasteiger partial charge in [0.05, 0.1) is 17.0 Å². The van der Waals surface area contributed by atoms with Crippen LogP contribution in [0.1, 0.15) is 45.7 Å². The first kappa shape index (κ1) is 19.6. The van der Waals surface area contributed by atoms with Crippen molar-refractivity contribution in [2.75, 3.05) is 6.61 Å². The molecule has 0 unspecified atom stereocenters. The van der Waals surface area contributed by atoms with E-state index in [-0.39, 0.29) is 23.9 Å². The second kappa shape index (κ2) is 8.09. The number of carbonyl (C=O) groups excluding carboxylic acids is 3. The molecule has 1 amide bonds. The molecule has 0 spiro atoms. The minimum Gasteiger partial charge on any atom is -0.619 e. The molecule has 0 saturated carbocycles. The molecule has 138 valence electrons. The molecular formula is C18H20N2O5S. The van der Waals surface area contributed by atoms with Crippen LogP contribution in [0.25, 0.3) is 0 Å². The minimum atomic E-state index is -0.673. The second-order valence-electron chi connectivity index (χ2n) is 6.64. The van der Waals surface area contributed by atoms with Crippen LogP contribution in [0, 0.1) is 10.6 Å². The van der Waals surface area contributed by atoms with Crippen LogP contribution in [-0.4, -0.2) is 24.3 Å². The molecule has 8 heteroatoms.